The van der Waals surface area contributed by atoms with E-state index < -0.39 is 5.97 Å². The van der Waals surface area contributed by atoms with Crippen LogP contribution in [-0.2, 0) is 11.2 Å². The topological polar surface area (TPSA) is 81.5 Å². The van der Waals surface area contributed by atoms with E-state index in [4.69, 9.17) is 14.6 Å². The lowest BCUT2D eigenvalue weighted by atomic mass is 10.1. The van der Waals surface area contributed by atoms with Gasteiger partial charge in [-0.2, -0.15) is 9.97 Å². The fourth-order valence-electron chi connectivity index (χ4n) is 1.73. The second-order valence-corrected chi connectivity index (χ2v) is 3.93. The van der Waals surface area contributed by atoms with Gasteiger partial charge in [0.25, 0.3) is 0 Å². The molecule has 6 heteroatoms. The molecule has 1 saturated carbocycles. The Balaban J connectivity index is 2.47. The number of aromatic nitrogens is 2. The van der Waals surface area contributed by atoms with Crippen molar-refractivity contribution in [3.63, 3.8) is 0 Å². The fraction of sp³-hybridized carbons (Fsp3) is 0.545. The van der Waals surface area contributed by atoms with Gasteiger partial charge in [0.1, 0.15) is 0 Å². The number of hydrogen-bond acceptors (Lipinski definition) is 5. The number of rotatable bonds is 5. The molecule has 1 aliphatic carbocycles. The zero-order valence-electron chi connectivity index (χ0n) is 9.77. The van der Waals surface area contributed by atoms with Crippen LogP contribution in [0.2, 0.25) is 0 Å². The van der Waals surface area contributed by atoms with Crippen molar-refractivity contribution in [1.29, 1.82) is 0 Å². The molecule has 1 N–H and O–H groups in total. The van der Waals surface area contributed by atoms with Crippen LogP contribution < -0.4 is 9.47 Å². The first-order valence-electron chi connectivity index (χ1n) is 5.36. The van der Waals surface area contributed by atoms with Gasteiger partial charge in [0.2, 0.25) is 5.88 Å². The standard InChI is InChI=1S/C11H14N2O4/c1-16-10-7(5-8(14)15)9(6-3-4-6)12-11(13-10)17-2/h6H,3-5H2,1-2H3,(H,14,15). The largest absolute Gasteiger partial charge is 0.481 e. The molecule has 1 aromatic heterocycles. The quantitative estimate of drug-likeness (QED) is 0.824. The van der Waals surface area contributed by atoms with E-state index in [1.165, 1.54) is 14.2 Å². The lowest BCUT2D eigenvalue weighted by Crippen LogP contribution is -2.10. The minimum Gasteiger partial charge on any atom is -0.481 e. The molecular weight excluding hydrogens is 224 g/mol. The van der Waals surface area contributed by atoms with Gasteiger partial charge < -0.3 is 14.6 Å². The fourth-order valence-corrected chi connectivity index (χ4v) is 1.73. The summed E-state index contributed by atoms with van der Waals surface area (Å²) in [7, 11) is 2.94. The number of carbonyl (C=O) groups is 1. The van der Waals surface area contributed by atoms with Crippen molar-refractivity contribution in [2.75, 3.05) is 14.2 Å². The van der Waals surface area contributed by atoms with Crippen LogP contribution in [0.5, 0.6) is 11.9 Å². The van der Waals surface area contributed by atoms with Gasteiger partial charge in [0, 0.05) is 11.5 Å². The average molecular weight is 238 g/mol. The molecule has 0 saturated heterocycles. The lowest BCUT2D eigenvalue weighted by molar-refractivity contribution is -0.136. The third-order valence-electron chi connectivity index (χ3n) is 2.65. The monoisotopic (exact) mass is 238 g/mol. The van der Waals surface area contributed by atoms with E-state index in [0.717, 1.165) is 18.5 Å². The number of carboxylic acid groups (broad SMARTS) is 1. The number of hydrogen-bond donors (Lipinski definition) is 1. The van der Waals surface area contributed by atoms with Crippen molar-refractivity contribution < 1.29 is 19.4 Å². The smallest absolute Gasteiger partial charge is 0.319 e. The van der Waals surface area contributed by atoms with Gasteiger partial charge in [0.05, 0.1) is 26.3 Å². The van der Waals surface area contributed by atoms with Gasteiger partial charge in [-0.25, -0.2) is 0 Å². The van der Waals surface area contributed by atoms with Gasteiger partial charge in [-0.15, -0.1) is 0 Å². The van der Waals surface area contributed by atoms with Gasteiger partial charge in [-0.05, 0) is 12.8 Å². The highest BCUT2D eigenvalue weighted by Crippen LogP contribution is 2.43. The van der Waals surface area contributed by atoms with Crippen LogP contribution in [-0.4, -0.2) is 35.3 Å². The predicted molar refractivity (Wildman–Crippen MR) is 58.5 cm³/mol. The third kappa shape index (κ3) is 2.46. The summed E-state index contributed by atoms with van der Waals surface area (Å²) in [5.74, 6) is -0.310. The molecule has 6 nitrogen and oxygen atoms in total. The van der Waals surface area contributed by atoms with Crippen LogP contribution in [0, 0.1) is 0 Å². The summed E-state index contributed by atoms with van der Waals surface area (Å²) in [6.45, 7) is 0. The first kappa shape index (κ1) is 11.6. The molecule has 2 rings (SSSR count). The van der Waals surface area contributed by atoms with Crippen LogP contribution in [0.1, 0.15) is 30.0 Å². The molecular formula is C11H14N2O4. The Morgan fingerprint density at radius 1 is 1.35 bits per heavy atom. The van der Waals surface area contributed by atoms with Gasteiger partial charge in [-0.1, -0.05) is 0 Å². The van der Waals surface area contributed by atoms with E-state index in [1.807, 2.05) is 0 Å². The third-order valence-corrected chi connectivity index (χ3v) is 2.65. The van der Waals surface area contributed by atoms with E-state index in [2.05, 4.69) is 9.97 Å². The van der Waals surface area contributed by atoms with Crippen LogP contribution in [0.25, 0.3) is 0 Å². The number of methoxy groups -OCH3 is 2. The van der Waals surface area contributed by atoms with E-state index in [1.54, 1.807) is 0 Å². The molecule has 0 amide bonds. The normalized spacial score (nSPS) is 14.5. The molecule has 0 atom stereocenters. The molecule has 0 radical (unpaired) electrons. The number of ether oxygens (including phenoxy) is 2. The lowest BCUT2D eigenvalue weighted by Gasteiger charge is -2.11. The Morgan fingerprint density at radius 3 is 2.53 bits per heavy atom. The molecule has 1 fully saturated rings. The molecule has 0 aliphatic heterocycles. The molecule has 1 aliphatic rings. The molecule has 1 aromatic rings. The van der Waals surface area contributed by atoms with E-state index in [0.29, 0.717) is 17.4 Å². The van der Waals surface area contributed by atoms with E-state index >= 15 is 0 Å². The minimum atomic E-state index is -0.918. The Kier molecular flexibility index (Phi) is 3.12. The molecule has 0 spiro atoms. The van der Waals surface area contributed by atoms with Crippen LogP contribution >= 0.6 is 0 Å². The van der Waals surface area contributed by atoms with Crippen LogP contribution in [0.15, 0.2) is 0 Å². The molecule has 0 aromatic carbocycles. The van der Waals surface area contributed by atoms with Gasteiger partial charge >= 0.3 is 12.0 Å². The molecule has 1 heterocycles. The highest BCUT2D eigenvalue weighted by Gasteiger charge is 2.31. The highest BCUT2D eigenvalue weighted by atomic mass is 16.5. The summed E-state index contributed by atoms with van der Waals surface area (Å²) in [5, 5.41) is 8.90. The summed E-state index contributed by atoms with van der Waals surface area (Å²) >= 11 is 0. The maximum atomic E-state index is 10.8. The van der Waals surface area contributed by atoms with Gasteiger partial charge in [0.15, 0.2) is 0 Å². The first-order chi connectivity index (χ1) is 8.15. The zero-order valence-corrected chi connectivity index (χ0v) is 9.77. The second-order valence-electron chi connectivity index (χ2n) is 3.93. The predicted octanol–water partition coefficient (Wildman–Crippen LogP) is 0.998. The summed E-state index contributed by atoms with van der Waals surface area (Å²) in [6, 6.07) is 0.220. The van der Waals surface area contributed by atoms with Gasteiger partial charge in [-0.3, -0.25) is 4.79 Å². The summed E-state index contributed by atoms with van der Waals surface area (Å²) in [4.78, 5) is 19.1. The second kappa shape index (κ2) is 4.57. The SMILES string of the molecule is COc1nc(OC)c(CC(=O)O)c(C2CC2)n1. The van der Waals surface area contributed by atoms with Crippen molar-refractivity contribution in [1.82, 2.24) is 9.97 Å². The van der Waals surface area contributed by atoms with Crippen molar-refractivity contribution in [3.8, 4) is 11.9 Å². The molecule has 17 heavy (non-hydrogen) atoms. The van der Waals surface area contributed by atoms with Crippen LogP contribution in [0.3, 0.4) is 0 Å². The first-order valence-corrected chi connectivity index (χ1v) is 5.36. The highest BCUT2D eigenvalue weighted by molar-refractivity contribution is 5.71. The number of aliphatic carboxylic acids is 1. The molecule has 0 unspecified atom stereocenters. The number of carboxylic acids is 1. The Morgan fingerprint density at radius 2 is 2.06 bits per heavy atom. The maximum absolute atomic E-state index is 10.8. The Bertz CT molecular complexity index is 443. The minimum absolute atomic E-state index is 0.126. The molecule has 0 bridgehead atoms. The summed E-state index contributed by atoms with van der Waals surface area (Å²) < 4.78 is 10.1. The van der Waals surface area contributed by atoms with Crippen molar-refractivity contribution in [3.05, 3.63) is 11.3 Å². The Hall–Kier alpha value is -1.85. The van der Waals surface area contributed by atoms with E-state index in [-0.39, 0.29) is 12.4 Å². The Labute approximate surface area is 98.6 Å². The average Bonchev–Trinajstić information content (AvgIpc) is 3.12. The van der Waals surface area contributed by atoms with E-state index in [9.17, 15) is 4.79 Å². The van der Waals surface area contributed by atoms with Crippen molar-refractivity contribution in [2.24, 2.45) is 0 Å². The summed E-state index contributed by atoms with van der Waals surface area (Å²) in [5.41, 5.74) is 1.31. The maximum Gasteiger partial charge on any atom is 0.319 e. The zero-order chi connectivity index (χ0) is 12.4. The summed E-state index contributed by atoms with van der Waals surface area (Å²) in [6.07, 6.45) is 1.92. The van der Waals surface area contributed by atoms with Crippen LogP contribution in [0.4, 0.5) is 0 Å². The van der Waals surface area contributed by atoms with Crippen molar-refractivity contribution >= 4 is 5.97 Å². The number of nitrogens with zero attached hydrogens (tertiary/aromatic N) is 2. The molecule has 92 valence electrons. The van der Waals surface area contributed by atoms with Crippen molar-refractivity contribution in [2.45, 2.75) is 25.2 Å².